The molecule has 5 rings (SSSR count). The van der Waals surface area contributed by atoms with E-state index in [1.807, 2.05) is 39.0 Å². The molecule has 0 saturated carbocycles. The van der Waals surface area contributed by atoms with Gasteiger partial charge in [0.2, 0.25) is 0 Å². The van der Waals surface area contributed by atoms with E-state index in [1.165, 1.54) is 12.5 Å². The highest BCUT2D eigenvalue weighted by atomic mass is 16.8. The number of benzene rings is 4. The van der Waals surface area contributed by atoms with Gasteiger partial charge in [0.05, 0.1) is 33.0 Å². The van der Waals surface area contributed by atoms with Crippen LogP contribution in [0.1, 0.15) is 60.2 Å². The number of methoxy groups -OCH3 is 1. The molecule has 0 spiro atoms. The van der Waals surface area contributed by atoms with Crippen LogP contribution < -0.4 is 4.74 Å². The summed E-state index contributed by atoms with van der Waals surface area (Å²) in [7, 11) is 1.53. The molecule has 2 atom stereocenters. The number of nitrogens with zero attached hydrogens (tertiary/aromatic N) is 1. The number of carbonyl (C=O) groups is 2. The van der Waals surface area contributed by atoms with Gasteiger partial charge in [-0.25, -0.2) is 9.59 Å². The van der Waals surface area contributed by atoms with E-state index in [-0.39, 0.29) is 18.6 Å². The molecule has 1 aliphatic rings. The van der Waals surface area contributed by atoms with E-state index in [9.17, 15) is 9.59 Å². The van der Waals surface area contributed by atoms with Gasteiger partial charge >= 0.3 is 12.1 Å². The lowest BCUT2D eigenvalue weighted by Crippen LogP contribution is -2.45. The molecule has 1 aliphatic heterocycles. The summed E-state index contributed by atoms with van der Waals surface area (Å²) < 4.78 is 22.7. The van der Waals surface area contributed by atoms with E-state index in [0.717, 1.165) is 28.5 Å². The summed E-state index contributed by atoms with van der Waals surface area (Å²) >= 11 is 0. The van der Waals surface area contributed by atoms with E-state index in [4.69, 9.17) is 23.8 Å². The Labute approximate surface area is 264 Å². The lowest BCUT2D eigenvalue weighted by molar-refractivity contribution is -0.179. The zero-order valence-corrected chi connectivity index (χ0v) is 26.4. The molecule has 4 aromatic carbocycles. The third kappa shape index (κ3) is 8.84. The summed E-state index contributed by atoms with van der Waals surface area (Å²) in [5.41, 5.74) is 3.05. The number of fused-ring (bicyclic) bond motifs is 1. The fraction of sp³-hybridized carbons (Fsp3) is 0.351. The highest BCUT2D eigenvalue weighted by Crippen LogP contribution is 2.32. The summed E-state index contributed by atoms with van der Waals surface area (Å²) in [5.74, 6) is 0.184. The fourth-order valence-electron chi connectivity index (χ4n) is 5.51. The predicted molar refractivity (Wildman–Crippen MR) is 172 cm³/mol. The van der Waals surface area contributed by atoms with Crippen LogP contribution in [0.25, 0.3) is 10.8 Å². The highest BCUT2D eigenvalue weighted by Gasteiger charge is 2.34. The maximum Gasteiger partial charge on any atom is 0.528 e. The van der Waals surface area contributed by atoms with Crippen LogP contribution in [-0.4, -0.2) is 55.7 Å². The fourth-order valence-corrected chi connectivity index (χ4v) is 5.51. The Morgan fingerprint density at radius 1 is 0.867 bits per heavy atom. The van der Waals surface area contributed by atoms with Crippen molar-refractivity contribution in [3.63, 3.8) is 0 Å². The molecule has 0 bridgehead atoms. The van der Waals surface area contributed by atoms with Crippen LogP contribution in [0.5, 0.6) is 5.75 Å². The molecule has 1 fully saturated rings. The molecule has 8 heteroatoms. The summed E-state index contributed by atoms with van der Waals surface area (Å²) in [6.45, 7) is 7.09. The third-order valence-corrected chi connectivity index (χ3v) is 7.75. The van der Waals surface area contributed by atoms with Crippen LogP contribution in [-0.2, 0) is 32.1 Å². The van der Waals surface area contributed by atoms with Crippen molar-refractivity contribution in [2.75, 3.05) is 26.8 Å². The Morgan fingerprint density at radius 3 is 2.33 bits per heavy atom. The van der Waals surface area contributed by atoms with E-state index in [2.05, 4.69) is 54.6 Å². The number of carbonyl (C=O) groups excluding carboxylic acids is 2. The second-order valence-corrected chi connectivity index (χ2v) is 12.2. The smallest absolute Gasteiger partial charge is 0.496 e. The summed E-state index contributed by atoms with van der Waals surface area (Å²) in [6.07, 6.45) is 0.386. The first-order valence-electron chi connectivity index (χ1n) is 15.3. The molecule has 0 amide bonds. The second-order valence-electron chi connectivity index (χ2n) is 12.2. The average Bonchev–Trinajstić information content (AvgIpc) is 3.03. The van der Waals surface area contributed by atoms with Crippen LogP contribution in [0.15, 0.2) is 91.0 Å². The molecule has 2 unspecified atom stereocenters. The molecule has 0 aromatic heterocycles. The SMILES string of the molecule is COc1ccccc1C(=O)OCCc1ccc(C2CCN(OC(=O)OC(C)(C)C)CC2OCc2ccc3ccccc3c2)cc1. The van der Waals surface area contributed by atoms with Gasteiger partial charge in [-0.1, -0.05) is 72.8 Å². The molecule has 4 aromatic rings. The first-order valence-corrected chi connectivity index (χ1v) is 15.3. The van der Waals surface area contributed by atoms with Crippen LogP contribution >= 0.6 is 0 Å². The number of para-hydroxylation sites is 1. The molecule has 0 aliphatic carbocycles. The Bertz CT molecular complexity index is 1590. The van der Waals surface area contributed by atoms with Gasteiger partial charge in [0.25, 0.3) is 0 Å². The van der Waals surface area contributed by atoms with Crippen molar-refractivity contribution in [1.29, 1.82) is 0 Å². The van der Waals surface area contributed by atoms with Crippen molar-refractivity contribution in [3.05, 3.63) is 113 Å². The van der Waals surface area contributed by atoms with Crippen LogP contribution in [0.2, 0.25) is 0 Å². The molecule has 236 valence electrons. The first-order chi connectivity index (χ1) is 21.7. The minimum atomic E-state index is -0.718. The molecular formula is C37H41NO7. The Kier molecular flexibility index (Phi) is 10.4. The van der Waals surface area contributed by atoms with Gasteiger partial charge in [0.1, 0.15) is 16.9 Å². The number of esters is 1. The van der Waals surface area contributed by atoms with Crippen molar-refractivity contribution in [2.24, 2.45) is 0 Å². The van der Waals surface area contributed by atoms with Gasteiger partial charge in [-0.3, -0.25) is 0 Å². The van der Waals surface area contributed by atoms with Crippen molar-refractivity contribution >= 4 is 22.9 Å². The van der Waals surface area contributed by atoms with E-state index in [0.29, 0.717) is 37.4 Å². The summed E-state index contributed by atoms with van der Waals surface area (Å²) in [4.78, 5) is 30.5. The quantitative estimate of drug-likeness (QED) is 0.171. The second kappa shape index (κ2) is 14.6. The van der Waals surface area contributed by atoms with Gasteiger partial charge in [-0.2, -0.15) is 0 Å². The molecule has 45 heavy (non-hydrogen) atoms. The minimum absolute atomic E-state index is 0.0985. The number of hydrogen-bond donors (Lipinski definition) is 0. The Hall–Kier alpha value is -4.40. The first kappa shape index (κ1) is 32.0. The van der Waals surface area contributed by atoms with Crippen molar-refractivity contribution < 1.29 is 33.4 Å². The lowest BCUT2D eigenvalue weighted by Gasteiger charge is -2.37. The topological polar surface area (TPSA) is 83.5 Å². The zero-order chi connectivity index (χ0) is 31.8. The van der Waals surface area contributed by atoms with Gasteiger partial charge in [0, 0.05) is 18.9 Å². The van der Waals surface area contributed by atoms with Crippen molar-refractivity contribution in [2.45, 2.75) is 57.8 Å². The molecule has 8 nitrogen and oxygen atoms in total. The largest absolute Gasteiger partial charge is 0.528 e. The average molecular weight is 612 g/mol. The van der Waals surface area contributed by atoms with Gasteiger partial charge in [-0.15, -0.1) is 5.06 Å². The number of piperidine rings is 1. The van der Waals surface area contributed by atoms with Crippen LogP contribution in [0, 0.1) is 0 Å². The van der Waals surface area contributed by atoms with Crippen LogP contribution in [0.4, 0.5) is 4.79 Å². The Morgan fingerprint density at radius 2 is 1.58 bits per heavy atom. The Balaban J connectivity index is 1.23. The number of rotatable bonds is 10. The highest BCUT2D eigenvalue weighted by molar-refractivity contribution is 5.92. The van der Waals surface area contributed by atoms with Crippen LogP contribution in [0.3, 0.4) is 0 Å². The standard InChI is InChI=1S/C37H41NO7/c1-37(2,3)44-36(40)45-38-21-19-31(34(24-38)43-25-27-15-16-28-9-5-6-10-30(28)23-27)29-17-13-26(14-18-29)20-22-42-35(39)32-11-7-8-12-33(32)41-4/h5-18,23,31,34H,19-22,24-25H2,1-4H3. The monoisotopic (exact) mass is 611 g/mol. The third-order valence-electron chi connectivity index (χ3n) is 7.75. The minimum Gasteiger partial charge on any atom is -0.496 e. The number of hydroxylamine groups is 2. The number of ether oxygens (including phenoxy) is 4. The van der Waals surface area contributed by atoms with Crippen molar-refractivity contribution in [1.82, 2.24) is 5.06 Å². The lowest BCUT2D eigenvalue weighted by atomic mass is 9.87. The zero-order valence-electron chi connectivity index (χ0n) is 26.4. The summed E-state index contributed by atoms with van der Waals surface area (Å²) in [5, 5.41) is 3.99. The molecule has 0 N–H and O–H groups in total. The van der Waals surface area contributed by atoms with E-state index in [1.54, 1.807) is 23.3 Å². The normalized spacial score (nSPS) is 17.1. The maximum atomic E-state index is 12.5. The molecule has 1 saturated heterocycles. The summed E-state index contributed by atoms with van der Waals surface area (Å²) in [6, 6.07) is 30.0. The molecule has 0 radical (unpaired) electrons. The van der Waals surface area contributed by atoms with E-state index >= 15 is 0 Å². The van der Waals surface area contributed by atoms with Crippen molar-refractivity contribution in [3.8, 4) is 5.75 Å². The molecular weight excluding hydrogens is 570 g/mol. The van der Waals surface area contributed by atoms with Gasteiger partial charge in [0.15, 0.2) is 0 Å². The van der Waals surface area contributed by atoms with E-state index < -0.39 is 17.7 Å². The molecule has 1 heterocycles. The maximum absolute atomic E-state index is 12.5. The predicted octanol–water partition coefficient (Wildman–Crippen LogP) is 7.49. The van der Waals surface area contributed by atoms with Gasteiger partial charge < -0.3 is 23.8 Å². The van der Waals surface area contributed by atoms with Gasteiger partial charge in [-0.05, 0) is 72.9 Å². The number of hydrogen-bond acceptors (Lipinski definition) is 8.